The van der Waals surface area contributed by atoms with Gasteiger partial charge in [0, 0.05) is 0 Å². The standard InChI is InChI=1S/C10H19N/c1-9(2)10-5-4-7-11(3)8-6-10/h10H,1,4-8H2,2-3H3. The predicted molar refractivity (Wildman–Crippen MR) is 49.7 cm³/mol. The summed E-state index contributed by atoms with van der Waals surface area (Å²) in [6.45, 7) is 8.70. The average Bonchev–Trinajstić information content (AvgIpc) is 2.13. The Kier molecular flexibility index (Phi) is 3.13. The Bertz CT molecular complexity index is 140. The van der Waals surface area contributed by atoms with Crippen LogP contribution in [-0.2, 0) is 0 Å². The Morgan fingerprint density at radius 1 is 1.36 bits per heavy atom. The van der Waals surface area contributed by atoms with E-state index < -0.39 is 0 Å². The van der Waals surface area contributed by atoms with Crippen molar-refractivity contribution in [3.8, 4) is 0 Å². The quantitative estimate of drug-likeness (QED) is 0.522. The molecule has 0 bridgehead atoms. The zero-order valence-corrected chi connectivity index (χ0v) is 7.77. The van der Waals surface area contributed by atoms with Crippen molar-refractivity contribution in [1.82, 2.24) is 4.90 Å². The van der Waals surface area contributed by atoms with E-state index >= 15 is 0 Å². The van der Waals surface area contributed by atoms with Gasteiger partial charge in [-0.2, -0.15) is 0 Å². The van der Waals surface area contributed by atoms with Gasteiger partial charge in [0.25, 0.3) is 0 Å². The maximum absolute atomic E-state index is 4.03. The van der Waals surface area contributed by atoms with Crippen molar-refractivity contribution in [2.75, 3.05) is 20.1 Å². The van der Waals surface area contributed by atoms with E-state index in [2.05, 4.69) is 25.5 Å². The Labute approximate surface area is 70.1 Å². The third kappa shape index (κ3) is 2.66. The van der Waals surface area contributed by atoms with Crippen LogP contribution in [0, 0.1) is 5.92 Å². The molecule has 1 rings (SSSR count). The fourth-order valence-electron chi connectivity index (χ4n) is 1.73. The molecule has 1 heteroatoms. The molecular weight excluding hydrogens is 134 g/mol. The second-order valence-corrected chi connectivity index (χ2v) is 3.78. The fourth-order valence-corrected chi connectivity index (χ4v) is 1.73. The molecular formula is C10H19N. The first-order valence-electron chi connectivity index (χ1n) is 4.54. The topological polar surface area (TPSA) is 3.24 Å². The lowest BCUT2D eigenvalue weighted by Gasteiger charge is -2.14. The maximum Gasteiger partial charge on any atom is -0.00161 e. The van der Waals surface area contributed by atoms with E-state index in [4.69, 9.17) is 0 Å². The van der Waals surface area contributed by atoms with Gasteiger partial charge in [-0.15, -0.1) is 0 Å². The SMILES string of the molecule is C=C(C)C1CCCN(C)CC1. The second-order valence-electron chi connectivity index (χ2n) is 3.78. The number of hydrogen-bond acceptors (Lipinski definition) is 1. The van der Waals surface area contributed by atoms with Gasteiger partial charge in [0.15, 0.2) is 0 Å². The van der Waals surface area contributed by atoms with Crippen LogP contribution in [0.3, 0.4) is 0 Å². The van der Waals surface area contributed by atoms with Crippen LogP contribution in [0.25, 0.3) is 0 Å². The van der Waals surface area contributed by atoms with Crippen LogP contribution in [0.1, 0.15) is 26.2 Å². The molecule has 0 aliphatic carbocycles. The highest BCUT2D eigenvalue weighted by atomic mass is 15.1. The van der Waals surface area contributed by atoms with Gasteiger partial charge in [-0.25, -0.2) is 0 Å². The van der Waals surface area contributed by atoms with Gasteiger partial charge in [0.2, 0.25) is 0 Å². The van der Waals surface area contributed by atoms with E-state index in [1.54, 1.807) is 0 Å². The Morgan fingerprint density at radius 3 is 2.73 bits per heavy atom. The van der Waals surface area contributed by atoms with Crippen LogP contribution in [0.15, 0.2) is 12.2 Å². The van der Waals surface area contributed by atoms with Crippen molar-refractivity contribution >= 4 is 0 Å². The summed E-state index contributed by atoms with van der Waals surface area (Å²) in [4.78, 5) is 2.42. The summed E-state index contributed by atoms with van der Waals surface area (Å²) in [6.07, 6.45) is 4.00. The lowest BCUT2D eigenvalue weighted by atomic mass is 9.94. The molecule has 0 amide bonds. The number of nitrogens with zero attached hydrogens (tertiary/aromatic N) is 1. The van der Waals surface area contributed by atoms with Gasteiger partial charge in [0.1, 0.15) is 0 Å². The lowest BCUT2D eigenvalue weighted by Crippen LogP contribution is -2.18. The summed E-state index contributed by atoms with van der Waals surface area (Å²) < 4.78 is 0. The minimum Gasteiger partial charge on any atom is -0.306 e. The highest BCUT2D eigenvalue weighted by Crippen LogP contribution is 2.22. The van der Waals surface area contributed by atoms with Crippen molar-refractivity contribution in [3.05, 3.63) is 12.2 Å². The number of likely N-dealkylation sites (tertiary alicyclic amines) is 1. The highest BCUT2D eigenvalue weighted by Gasteiger charge is 2.14. The molecule has 11 heavy (non-hydrogen) atoms. The molecule has 1 saturated heterocycles. The van der Waals surface area contributed by atoms with E-state index in [-0.39, 0.29) is 0 Å². The molecule has 0 spiro atoms. The first-order valence-corrected chi connectivity index (χ1v) is 4.54. The van der Waals surface area contributed by atoms with Gasteiger partial charge in [-0.3, -0.25) is 0 Å². The first kappa shape index (κ1) is 8.79. The molecule has 64 valence electrons. The Morgan fingerprint density at radius 2 is 2.09 bits per heavy atom. The molecule has 0 aromatic rings. The molecule has 1 heterocycles. The summed E-state index contributed by atoms with van der Waals surface area (Å²) in [5.74, 6) is 0.792. The first-order chi connectivity index (χ1) is 5.20. The van der Waals surface area contributed by atoms with Crippen LogP contribution >= 0.6 is 0 Å². The molecule has 0 aromatic heterocycles. The van der Waals surface area contributed by atoms with Gasteiger partial charge < -0.3 is 4.90 Å². The van der Waals surface area contributed by atoms with E-state index in [9.17, 15) is 0 Å². The normalized spacial score (nSPS) is 28.0. The molecule has 1 aliphatic heterocycles. The van der Waals surface area contributed by atoms with Crippen molar-refractivity contribution in [1.29, 1.82) is 0 Å². The zero-order chi connectivity index (χ0) is 8.27. The van der Waals surface area contributed by atoms with Gasteiger partial charge in [-0.1, -0.05) is 12.2 Å². The zero-order valence-electron chi connectivity index (χ0n) is 7.77. The predicted octanol–water partition coefficient (Wildman–Crippen LogP) is 2.29. The van der Waals surface area contributed by atoms with Gasteiger partial charge in [0.05, 0.1) is 0 Å². The van der Waals surface area contributed by atoms with Gasteiger partial charge in [-0.05, 0) is 52.2 Å². The second kappa shape index (κ2) is 3.91. The van der Waals surface area contributed by atoms with Gasteiger partial charge >= 0.3 is 0 Å². The summed E-state index contributed by atoms with van der Waals surface area (Å²) in [6, 6.07) is 0. The van der Waals surface area contributed by atoms with Crippen LogP contribution in [0.4, 0.5) is 0 Å². The van der Waals surface area contributed by atoms with Crippen LogP contribution in [0.2, 0.25) is 0 Å². The average molecular weight is 153 g/mol. The van der Waals surface area contributed by atoms with Crippen molar-refractivity contribution < 1.29 is 0 Å². The minimum absolute atomic E-state index is 0.792. The van der Waals surface area contributed by atoms with E-state index in [1.165, 1.54) is 37.9 Å². The molecule has 0 radical (unpaired) electrons. The molecule has 0 N–H and O–H groups in total. The minimum atomic E-state index is 0.792. The highest BCUT2D eigenvalue weighted by molar-refractivity contribution is 4.96. The van der Waals surface area contributed by atoms with Crippen molar-refractivity contribution in [2.45, 2.75) is 26.2 Å². The monoisotopic (exact) mass is 153 g/mol. The number of hydrogen-bond donors (Lipinski definition) is 0. The summed E-state index contributed by atoms with van der Waals surface area (Å²) in [5, 5.41) is 0. The molecule has 1 nitrogen and oxygen atoms in total. The molecule has 0 aromatic carbocycles. The molecule has 1 fully saturated rings. The lowest BCUT2D eigenvalue weighted by molar-refractivity contribution is 0.345. The summed E-state index contributed by atoms with van der Waals surface area (Å²) >= 11 is 0. The number of rotatable bonds is 1. The van der Waals surface area contributed by atoms with E-state index in [0.29, 0.717) is 0 Å². The van der Waals surface area contributed by atoms with Crippen LogP contribution in [-0.4, -0.2) is 25.0 Å². The van der Waals surface area contributed by atoms with E-state index in [1.807, 2.05) is 0 Å². The third-order valence-electron chi connectivity index (χ3n) is 2.65. The smallest absolute Gasteiger partial charge is 0.00161 e. The Balaban J connectivity index is 2.40. The van der Waals surface area contributed by atoms with Crippen molar-refractivity contribution in [2.24, 2.45) is 5.92 Å². The third-order valence-corrected chi connectivity index (χ3v) is 2.65. The summed E-state index contributed by atoms with van der Waals surface area (Å²) in [7, 11) is 2.21. The summed E-state index contributed by atoms with van der Waals surface area (Å²) in [5.41, 5.74) is 1.38. The number of allylic oxidation sites excluding steroid dienone is 1. The van der Waals surface area contributed by atoms with Crippen LogP contribution in [0.5, 0.6) is 0 Å². The maximum atomic E-state index is 4.03. The largest absolute Gasteiger partial charge is 0.306 e. The Hall–Kier alpha value is -0.300. The molecule has 0 saturated carbocycles. The molecule has 1 aliphatic rings. The van der Waals surface area contributed by atoms with E-state index in [0.717, 1.165) is 5.92 Å². The fraction of sp³-hybridized carbons (Fsp3) is 0.800. The van der Waals surface area contributed by atoms with Crippen LogP contribution < -0.4 is 0 Å². The van der Waals surface area contributed by atoms with Crippen molar-refractivity contribution in [3.63, 3.8) is 0 Å². The molecule has 1 unspecified atom stereocenters. The molecule has 1 atom stereocenters.